The van der Waals surface area contributed by atoms with Gasteiger partial charge in [-0.1, -0.05) is 41.9 Å². The van der Waals surface area contributed by atoms with Gasteiger partial charge in [0.1, 0.15) is 5.82 Å². The zero-order chi connectivity index (χ0) is 20.7. The lowest BCUT2D eigenvalue weighted by molar-refractivity contribution is -0.120. The minimum atomic E-state index is -1.33. The van der Waals surface area contributed by atoms with Gasteiger partial charge in [0.25, 0.3) is 0 Å². The molecule has 1 atom stereocenters. The number of nitrogens with zero attached hydrogens (tertiary/aromatic N) is 2. The number of carbonyl (C=O) groups is 1. The van der Waals surface area contributed by atoms with Gasteiger partial charge in [-0.3, -0.25) is 10.1 Å². The minimum absolute atomic E-state index is 0.0113. The Bertz CT molecular complexity index is 1020. The van der Waals surface area contributed by atoms with Gasteiger partial charge in [-0.25, -0.2) is 9.37 Å². The van der Waals surface area contributed by atoms with Crippen LogP contribution in [-0.2, 0) is 15.9 Å². The summed E-state index contributed by atoms with van der Waals surface area (Å²) in [6.45, 7) is 7.42. The summed E-state index contributed by atoms with van der Waals surface area (Å²) in [5.41, 5.74) is -0.130. The third kappa shape index (κ3) is 4.03. The predicted octanol–water partition coefficient (Wildman–Crippen LogP) is 4.82. The molecule has 0 saturated carbocycles. The first-order valence-electron chi connectivity index (χ1n) is 8.95. The first kappa shape index (κ1) is 20.3. The SMILES string of the molecule is CC(C)(C)n1c(NC(=O)C[C@](C)(O)c2ccccc2)nc2cc(F)c(Cl)cc21. The van der Waals surface area contributed by atoms with Crippen LogP contribution in [0.2, 0.25) is 5.02 Å². The summed E-state index contributed by atoms with van der Waals surface area (Å²) in [5.74, 6) is -0.697. The second-order valence-electron chi connectivity index (χ2n) is 8.06. The maximum absolute atomic E-state index is 13.9. The van der Waals surface area contributed by atoms with Crippen LogP contribution in [0.25, 0.3) is 11.0 Å². The molecule has 7 heteroatoms. The highest BCUT2D eigenvalue weighted by atomic mass is 35.5. The van der Waals surface area contributed by atoms with Crippen molar-refractivity contribution in [3.63, 3.8) is 0 Å². The molecular formula is C21H23ClFN3O2. The Morgan fingerprint density at radius 1 is 1.21 bits per heavy atom. The summed E-state index contributed by atoms with van der Waals surface area (Å²) in [5, 5.41) is 13.5. The van der Waals surface area contributed by atoms with Gasteiger partial charge in [0.2, 0.25) is 11.9 Å². The van der Waals surface area contributed by atoms with E-state index in [4.69, 9.17) is 11.6 Å². The second-order valence-corrected chi connectivity index (χ2v) is 8.47. The number of aromatic nitrogens is 2. The molecule has 0 aliphatic carbocycles. The van der Waals surface area contributed by atoms with Crippen LogP contribution in [0.5, 0.6) is 0 Å². The Labute approximate surface area is 168 Å². The maximum atomic E-state index is 13.9. The van der Waals surface area contributed by atoms with E-state index in [-0.39, 0.29) is 17.4 Å². The summed E-state index contributed by atoms with van der Waals surface area (Å²) in [6, 6.07) is 11.7. The van der Waals surface area contributed by atoms with E-state index in [1.165, 1.54) is 12.1 Å². The number of nitrogens with one attached hydrogen (secondary N) is 1. The molecule has 0 unspecified atom stereocenters. The largest absolute Gasteiger partial charge is 0.385 e. The first-order valence-corrected chi connectivity index (χ1v) is 9.32. The van der Waals surface area contributed by atoms with Gasteiger partial charge >= 0.3 is 0 Å². The Morgan fingerprint density at radius 2 is 1.86 bits per heavy atom. The topological polar surface area (TPSA) is 67.2 Å². The lowest BCUT2D eigenvalue weighted by Crippen LogP contribution is -2.31. The van der Waals surface area contributed by atoms with Crippen LogP contribution in [-0.4, -0.2) is 20.6 Å². The van der Waals surface area contributed by atoms with E-state index in [1.807, 2.05) is 26.8 Å². The number of imidazole rings is 1. The Balaban J connectivity index is 1.94. The van der Waals surface area contributed by atoms with Crippen molar-refractivity contribution in [3.05, 3.63) is 58.9 Å². The average Bonchev–Trinajstić information content (AvgIpc) is 2.92. The van der Waals surface area contributed by atoms with E-state index in [9.17, 15) is 14.3 Å². The summed E-state index contributed by atoms with van der Waals surface area (Å²) in [4.78, 5) is 17.0. The minimum Gasteiger partial charge on any atom is -0.385 e. The fourth-order valence-corrected chi connectivity index (χ4v) is 3.37. The number of hydrogen-bond donors (Lipinski definition) is 2. The second kappa shape index (κ2) is 7.18. The Hall–Kier alpha value is -2.44. The van der Waals surface area contributed by atoms with Crippen LogP contribution >= 0.6 is 11.6 Å². The van der Waals surface area contributed by atoms with Crippen LogP contribution in [0.3, 0.4) is 0 Å². The van der Waals surface area contributed by atoms with E-state index in [1.54, 1.807) is 35.8 Å². The monoisotopic (exact) mass is 403 g/mol. The smallest absolute Gasteiger partial charge is 0.229 e. The number of benzene rings is 2. The molecule has 3 aromatic rings. The van der Waals surface area contributed by atoms with E-state index >= 15 is 0 Å². The van der Waals surface area contributed by atoms with Crippen molar-refractivity contribution >= 4 is 34.5 Å². The fraction of sp³-hybridized carbons (Fsp3) is 0.333. The molecule has 0 bridgehead atoms. The highest BCUT2D eigenvalue weighted by Crippen LogP contribution is 2.32. The molecule has 2 aromatic carbocycles. The van der Waals surface area contributed by atoms with Crippen LogP contribution in [0, 0.1) is 5.82 Å². The highest BCUT2D eigenvalue weighted by Gasteiger charge is 2.29. The maximum Gasteiger partial charge on any atom is 0.229 e. The Kier molecular flexibility index (Phi) is 5.21. The number of fused-ring (bicyclic) bond motifs is 1. The predicted molar refractivity (Wildman–Crippen MR) is 109 cm³/mol. The van der Waals surface area contributed by atoms with Gasteiger partial charge < -0.3 is 9.67 Å². The lowest BCUT2D eigenvalue weighted by Gasteiger charge is -2.26. The lowest BCUT2D eigenvalue weighted by atomic mass is 9.92. The summed E-state index contributed by atoms with van der Waals surface area (Å²) in [7, 11) is 0. The molecule has 0 radical (unpaired) electrons. The van der Waals surface area contributed by atoms with E-state index < -0.39 is 22.9 Å². The highest BCUT2D eigenvalue weighted by molar-refractivity contribution is 6.31. The number of anilines is 1. The van der Waals surface area contributed by atoms with Crippen LogP contribution < -0.4 is 5.32 Å². The van der Waals surface area contributed by atoms with Gasteiger partial charge in [-0.2, -0.15) is 0 Å². The van der Waals surface area contributed by atoms with Crippen molar-refractivity contribution in [2.45, 2.75) is 45.3 Å². The van der Waals surface area contributed by atoms with Crippen LogP contribution in [0.15, 0.2) is 42.5 Å². The van der Waals surface area contributed by atoms with Crippen molar-refractivity contribution in [1.29, 1.82) is 0 Å². The number of hydrogen-bond acceptors (Lipinski definition) is 3. The molecule has 28 heavy (non-hydrogen) atoms. The van der Waals surface area contributed by atoms with Gasteiger partial charge in [-0.05, 0) is 39.3 Å². The van der Waals surface area contributed by atoms with Crippen molar-refractivity contribution in [2.24, 2.45) is 0 Å². The quantitative estimate of drug-likeness (QED) is 0.656. The number of amides is 1. The van der Waals surface area contributed by atoms with Crippen molar-refractivity contribution in [1.82, 2.24) is 9.55 Å². The third-order valence-corrected chi connectivity index (χ3v) is 4.81. The molecule has 0 aliphatic rings. The molecule has 1 amide bonds. The normalized spacial score (nSPS) is 14.1. The van der Waals surface area contributed by atoms with E-state index in [0.29, 0.717) is 16.6 Å². The number of rotatable bonds is 4. The van der Waals surface area contributed by atoms with Crippen molar-refractivity contribution in [3.8, 4) is 0 Å². The number of aliphatic hydroxyl groups is 1. The van der Waals surface area contributed by atoms with Gasteiger partial charge in [-0.15, -0.1) is 0 Å². The Morgan fingerprint density at radius 3 is 2.46 bits per heavy atom. The third-order valence-electron chi connectivity index (χ3n) is 4.52. The van der Waals surface area contributed by atoms with Gasteiger partial charge in [0, 0.05) is 11.6 Å². The fourth-order valence-electron chi connectivity index (χ4n) is 3.22. The average molecular weight is 404 g/mol. The molecular weight excluding hydrogens is 381 g/mol. The molecule has 1 aromatic heterocycles. The summed E-state index contributed by atoms with van der Waals surface area (Å²) < 4.78 is 15.7. The van der Waals surface area contributed by atoms with E-state index in [2.05, 4.69) is 10.3 Å². The van der Waals surface area contributed by atoms with Gasteiger partial charge in [0.05, 0.1) is 28.1 Å². The van der Waals surface area contributed by atoms with E-state index in [0.717, 1.165) is 0 Å². The summed E-state index contributed by atoms with van der Waals surface area (Å²) >= 11 is 5.94. The molecule has 1 heterocycles. The summed E-state index contributed by atoms with van der Waals surface area (Å²) in [6.07, 6.45) is -0.153. The van der Waals surface area contributed by atoms with Crippen molar-refractivity contribution < 1.29 is 14.3 Å². The van der Waals surface area contributed by atoms with Crippen LogP contribution in [0.1, 0.15) is 39.7 Å². The molecule has 5 nitrogen and oxygen atoms in total. The molecule has 0 fully saturated rings. The number of carbonyl (C=O) groups excluding carboxylic acids is 1. The van der Waals surface area contributed by atoms with Crippen molar-refractivity contribution in [2.75, 3.05) is 5.32 Å². The zero-order valence-electron chi connectivity index (χ0n) is 16.3. The van der Waals surface area contributed by atoms with Gasteiger partial charge in [0.15, 0.2) is 0 Å². The number of halogens is 2. The van der Waals surface area contributed by atoms with Crippen LogP contribution in [0.4, 0.5) is 10.3 Å². The molecule has 148 valence electrons. The zero-order valence-corrected chi connectivity index (χ0v) is 17.0. The first-order chi connectivity index (χ1) is 13.0. The molecule has 0 saturated heterocycles. The molecule has 2 N–H and O–H groups in total. The molecule has 0 spiro atoms. The molecule has 0 aliphatic heterocycles. The molecule has 3 rings (SSSR count). The standard InChI is InChI=1S/C21H23ClFN3O2/c1-20(2,3)26-17-10-14(22)15(23)11-16(17)24-19(26)25-18(27)12-21(4,28)13-8-6-5-7-9-13/h5-11,28H,12H2,1-4H3,(H,24,25,27)/t21-/m0/s1.